The van der Waals surface area contributed by atoms with Crippen LogP contribution in [0.1, 0.15) is 35.6 Å². The first kappa shape index (κ1) is 29.9. The maximum Gasteiger partial charge on any atom is 0.323 e. The van der Waals surface area contributed by atoms with Crippen LogP contribution in [0.25, 0.3) is 0 Å². The number of methoxy groups -OCH3 is 1. The standard InChI is InChI=1S/C31H35N5O6/c1-20-8-4-10-22(16-20)26(19-27(37)38)34-28(39)29-35(30(40)32-23-11-5-9-21(2)17-23)14-7-15-36(29)31(41)33-24-12-6-13-25(18-24)42-3/h4-6,8-13,16-18,26,29H,7,14-15,19H2,1-3H3,(H,32,40)(H,33,41)(H,34,39)(H,37,38). The molecule has 11 heteroatoms. The number of amides is 5. The molecule has 1 heterocycles. The average Bonchev–Trinajstić information content (AvgIpc) is 2.96. The lowest BCUT2D eigenvalue weighted by molar-refractivity contribution is -0.138. The summed E-state index contributed by atoms with van der Waals surface area (Å²) in [6, 6.07) is 19.1. The summed E-state index contributed by atoms with van der Waals surface area (Å²) in [5, 5.41) is 18.0. The number of ether oxygens (including phenoxy) is 1. The van der Waals surface area contributed by atoms with E-state index in [9.17, 15) is 24.3 Å². The van der Waals surface area contributed by atoms with E-state index in [0.29, 0.717) is 29.1 Å². The Morgan fingerprint density at radius 3 is 2.00 bits per heavy atom. The molecule has 0 aliphatic carbocycles. The number of nitrogens with one attached hydrogen (secondary N) is 3. The van der Waals surface area contributed by atoms with Gasteiger partial charge in [-0.3, -0.25) is 19.4 Å². The van der Waals surface area contributed by atoms with Crippen LogP contribution in [0.4, 0.5) is 21.0 Å². The number of hydrogen-bond donors (Lipinski definition) is 4. The van der Waals surface area contributed by atoms with Gasteiger partial charge in [0.05, 0.1) is 19.6 Å². The Kier molecular flexibility index (Phi) is 9.64. The third-order valence-electron chi connectivity index (χ3n) is 6.87. The molecule has 220 valence electrons. The summed E-state index contributed by atoms with van der Waals surface area (Å²) >= 11 is 0. The van der Waals surface area contributed by atoms with E-state index in [2.05, 4.69) is 16.0 Å². The zero-order valence-corrected chi connectivity index (χ0v) is 23.8. The Bertz CT molecular complexity index is 1460. The first-order valence-electron chi connectivity index (χ1n) is 13.6. The van der Waals surface area contributed by atoms with E-state index in [1.807, 2.05) is 26.0 Å². The van der Waals surface area contributed by atoms with Gasteiger partial charge in [0.15, 0.2) is 6.17 Å². The highest BCUT2D eigenvalue weighted by atomic mass is 16.5. The Balaban J connectivity index is 1.65. The zero-order chi connectivity index (χ0) is 30.2. The molecule has 1 aliphatic rings. The summed E-state index contributed by atoms with van der Waals surface area (Å²) in [6.45, 7) is 4.15. The topological polar surface area (TPSA) is 140 Å². The molecular weight excluding hydrogens is 538 g/mol. The molecule has 4 N–H and O–H groups in total. The maximum atomic E-state index is 14.0. The summed E-state index contributed by atoms with van der Waals surface area (Å²) < 4.78 is 5.24. The molecule has 0 spiro atoms. The predicted octanol–water partition coefficient (Wildman–Crippen LogP) is 4.74. The second-order valence-electron chi connectivity index (χ2n) is 10.1. The molecule has 2 atom stereocenters. The van der Waals surface area contributed by atoms with Crippen LogP contribution in [-0.2, 0) is 9.59 Å². The molecule has 3 aromatic rings. The number of benzene rings is 3. The Morgan fingerprint density at radius 1 is 0.857 bits per heavy atom. The van der Waals surface area contributed by atoms with E-state index in [4.69, 9.17) is 4.74 Å². The van der Waals surface area contributed by atoms with Gasteiger partial charge in [-0.25, -0.2) is 9.59 Å². The van der Waals surface area contributed by atoms with Gasteiger partial charge >= 0.3 is 18.0 Å². The van der Waals surface area contributed by atoms with Gasteiger partial charge in [-0.05, 0) is 55.7 Å². The summed E-state index contributed by atoms with van der Waals surface area (Å²) in [6.07, 6.45) is -1.31. The smallest absolute Gasteiger partial charge is 0.323 e. The van der Waals surface area contributed by atoms with Crippen LogP contribution in [-0.4, -0.2) is 65.2 Å². The molecule has 1 saturated heterocycles. The number of carboxylic acids is 1. The normalized spacial score (nSPS) is 15.4. The lowest BCUT2D eigenvalue weighted by Crippen LogP contribution is -2.65. The number of hydrogen-bond acceptors (Lipinski definition) is 5. The number of urea groups is 2. The third kappa shape index (κ3) is 7.57. The molecule has 0 saturated carbocycles. The van der Waals surface area contributed by atoms with E-state index in [-0.39, 0.29) is 19.5 Å². The molecule has 1 fully saturated rings. The van der Waals surface area contributed by atoms with Crippen LogP contribution in [0, 0.1) is 13.8 Å². The van der Waals surface area contributed by atoms with Gasteiger partial charge in [0.1, 0.15) is 5.75 Å². The summed E-state index contributed by atoms with van der Waals surface area (Å²) in [7, 11) is 1.51. The fraction of sp³-hybridized carbons (Fsp3) is 0.290. The van der Waals surface area contributed by atoms with Crippen molar-refractivity contribution >= 4 is 35.3 Å². The molecule has 1 aliphatic heterocycles. The number of carbonyl (C=O) groups is 4. The van der Waals surface area contributed by atoms with Crippen molar-refractivity contribution in [3.8, 4) is 5.75 Å². The quantitative estimate of drug-likeness (QED) is 0.307. The van der Waals surface area contributed by atoms with Gasteiger partial charge in [-0.1, -0.05) is 48.0 Å². The monoisotopic (exact) mass is 573 g/mol. The number of aliphatic carboxylic acids is 1. The van der Waals surface area contributed by atoms with Crippen LogP contribution in [0.2, 0.25) is 0 Å². The first-order chi connectivity index (χ1) is 20.1. The maximum absolute atomic E-state index is 14.0. The first-order valence-corrected chi connectivity index (χ1v) is 13.6. The van der Waals surface area contributed by atoms with E-state index in [1.54, 1.807) is 60.7 Å². The van der Waals surface area contributed by atoms with E-state index < -0.39 is 36.1 Å². The van der Waals surface area contributed by atoms with Gasteiger partial charge < -0.3 is 25.8 Å². The van der Waals surface area contributed by atoms with Crippen LogP contribution < -0.4 is 20.7 Å². The molecule has 5 amide bonds. The van der Waals surface area contributed by atoms with Crippen LogP contribution >= 0.6 is 0 Å². The molecule has 0 radical (unpaired) electrons. The second kappa shape index (κ2) is 13.5. The van der Waals surface area contributed by atoms with Crippen molar-refractivity contribution in [3.63, 3.8) is 0 Å². The fourth-order valence-corrected chi connectivity index (χ4v) is 4.91. The molecular formula is C31H35N5O6. The highest BCUT2D eigenvalue weighted by Gasteiger charge is 2.41. The van der Waals surface area contributed by atoms with Crippen LogP contribution in [0.5, 0.6) is 5.75 Å². The van der Waals surface area contributed by atoms with Crippen molar-refractivity contribution in [2.24, 2.45) is 0 Å². The molecule has 42 heavy (non-hydrogen) atoms. The van der Waals surface area contributed by atoms with Crippen molar-refractivity contribution in [1.82, 2.24) is 15.1 Å². The van der Waals surface area contributed by atoms with Crippen molar-refractivity contribution in [2.45, 2.75) is 38.9 Å². The number of rotatable bonds is 8. The summed E-state index contributed by atoms with van der Waals surface area (Å²) in [4.78, 5) is 55.4. The SMILES string of the molecule is COc1cccc(NC(=O)N2CCCN(C(=O)Nc3cccc(C)c3)C2C(=O)NC(CC(=O)O)c2cccc(C)c2)c1. The van der Waals surface area contributed by atoms with Crippen molar-refractivity contribution in [2.75, 3.05) is 30.8 Å². The van der Waals surface area contributed by atoms with Crippen LogP contribution in [0.3, 0.4) is 0 Å². The number of anilines is 2. The minimum atomic E-state index is -1.35. The average molecular weight is 574 g/mol. The number of aryl methyl sites for hydroxylation is 2. The summed E-state index contributed by atoms with van der Waals surface area (Å²) in [5.74, 6) is -1.25. The van der Waals surface area contributed by atoms with E-state index in [1.165, 1.54) is 16.9 Å². The van der Waals surface area contributed by atoms with Crippen molar-refractivity contribution in [1.29, 1.82) is 0 Å². The van der Waals surface area contributed by atoms with Gasteiger partial charge in [0.2, 0.25) is 0 Å². The van der Waals surface area contributed by atoms with Gasteiger partial charge in [0.25, 0.3) is 5.91 Å². The highest BCUT2D eigenvalue weighted by molar-refractivity contribution is 5.98. The molecule has 0 bridgehead atoms. The minimum Gasteiger partial charge on any atom is -0.497 e. The van der Waals surface area contributed by atoms with Crippen molar-refractivity contribution < 1.29 is 29.0 Å². The van der Waals surface area contributed by atoms with E-state index >= 15 is 0 Å². The lowest BCUT2D eigenvalue weighted by Gasteiger charge is -2.42. The second-order valence-corrected chi connectivity index (χ2v) is 10.1. The fourth-order valence-electron chi connectivity index (χ4n) is 4.91. The Hall–Kier alpha value is -5.06. The Labute approximate surface area is 244 Å². The lowest BCUT2D eigenvalue weighted by atomic mass is 10.0. The van der Waals surface area contributed by atoms with Gasteiger partial charge in [-0.2, -0.15) is 0 Å². The highest BCUT2D eigenvalue weighted by Crippen LogP contribution is 2.24. The molecule has 2 unspecified atom stereocenters. The molecule has 0 aromatic heterocycles. The van der Waals surface area contributed by atoms with Gasteiger partial charge in [-0.15, -0.1) is 0 Å². The number of carbonyl (C=O) groups excluding carboxylic acids is 3. The predicted molar refractivity (Wildman–Crippen MR) is 158 cm³/mol. The number of carboxylic acid groups (broad SMARTS) is 1. The van der Waals surface area contributed by atoms with Gasteiger partial charge in [0, 0.05) is 30.5 Å². The van der Waals surface area contributed by atoms with E-state index in [0.717, 1.165) is 11.1 Å². The number of nitrogens with zero attached hydrogens (tertiary/aromatic N) is 2. The third-order valence-corrected chi connectivity index (χ3v) is 6.87. The molecule has 3 aromatic carbocycles. The molecule has 4 rings (SSSR count). The van der Waals surface area contributed by atoms with Crippen LogP contribution in [0.15, 0.2) is 72.8 Å². The Morgan fingerprint density at radius 2 is 1.43 bits per heavy atom. The zero-order valence-electron chi connectivity index (χ0n) is 23.8. The van der Waals surface area contributed by atoms with Crippen molar-refractivity contribution in [3.05, 3.63) is 89.5 Å². The minimum absolute atomic E-state index is 0.191. The molecule has 11 nitrogen and oxygen atoms in total. The summed E-state index contributed by atoms with van der Waals surface area (Å²) in [5.41, 5.74) is 3.43. The largest absolute Gasteiger partial charge is 0.497 e.